The fraction of sp³-hybridized carbons (Fsp3) is 0.357. The first-order valence-electron chi connectivity index (χ1n) is 7.09. The highest BCUT2D eigenvalue weighted by atomic mass is 32.2. The lowest BCUT2D eigenvalue weighted by Crippen LogP contribution is -2.31. The molecule has 0 aliphatic heterocycles. The van der Waals surface area contributed by atoms with Crippen LogP contribution in [0.4, 0.5) is 17.6 Å². The molecular weight excluding hydrogens is 350 g/mol. The number of hydrogen-bond acceptors (Lipinski definition) is 3. The number of nitrogens with zero attached hydrogens (tertiary/aromatic N) is 1. The van der Waals surface area contributed by atoms with Crippen LogP contribution in [0, 0.1) is 5.82 Å². The largest absolute Gasteiger partial charge is 0.416 e. The number of aromatic nitrogens is 2. The third-order valence-electron chi connectivity index (χ3n) is 3.85. The van der Waals surface area contributed by atoms with Crippen LogP contribution in [0.5, 0.6) is 0 Å². The number of halogens is 4. The van der Waals surface area contributed by atoms with Crippen molar-refractivity contribution >= 4 is 10.0 Å². The normalized spacial score (nSPS) is 18.4. The molecular formula is C14H13F4N3O2S. The SMILES string of the molecule is O=S(=O)(N[C@@H]1CCCc2[nH]ncc21)c1cc(F)cc(C(F)(F)F)c1. The molecule has 1 aromatic carbocycles. The molecule has 0 amide bonds. The Hall–Kier alpha value is -1.94. The molecule has 10 heteroatoms. The zero-order valence-corrected chi connectivity index (χ0v) is 13.0. The summed E-state index contributed by atoms with van der Waals surface area (Å²) >= 11 is 0. The fourth-order valence-corrected chi connectivity index (χ4v) is 4.03. The number of hydrogen-bond donors (Lipinski definition) is 2. The van der Waals surface area contributed by atoms with Crippen molar-refractivity contribution < 1.29 is 26.0 Å². The maximum Gasteiger partial charge on any atom is 0.416 e. The third-order valence-corrected chi connectivity index (χ3v) is 5.30. The molecule has 0 bridgehead atoms. The van der Waals surface area contributed by atoms with Gasteiger partial charge >= 0.3 is 6.18 Å². The van der Waals surface area contributed by atoms with Gasteiger partial charge in [0, 0.05) is 11.3 Å². The van der Waals surface area contributed by atoms with Gasteiger partial charge < -0.3 is 0 Å². The Kier molecular flexibility index (Phi) is 4.12. The van der Waals surface area contributed by atoms with Crippen molar-refractivity contribution in [3.05, 3.63) is 47.0 Å². The smallest absolute Gasteiger partial charge is 0.282 e. The van der Waals surface area contributed by atoms with E-state index in [1.165, 1.54) is 6.20 Å². The minimum Gasteiger partial charge on any atom is -0.282 e. The second kappa shape index (κ2) is 5.85. The van der Waals surface area contributed by atoms with E-state index in [9.17, 15) is 26.0 Å². The van der Waals surface area contributed by atoms with Crippen molar-refractivity contribution in [3.8, 4) is 0 Å². The summed E-state index contributed by atoms with van der Waals surface area (Å²) in [4.78, 5) is -0.759. The Balaban J connectivity index is 1.94. The first-order chi connectivity index (χ1) is 11.2. The molecule has 2 N–H and O–H groups in total. The molecule has 0 unspecified atom stereocenters. The Morgan fingerprint density at radius 2 is 2.00 bits per heavy atom. The molecule has 0 spiro atoms. The summed E-state index contributed by atoms with van der Waals surface area (Å²) < 4.78 is 78.8. The van der Waals surface area contributed by atoms with E-state index in [0.717, 1.165) is 5.69 Å². The van der Waals surface area contributed by atoms with E-state index in [4.69, 9.17) is 0 Å². The van der Waals surface area contributed by atoms with Crippen molar-refractivity contribution in [1.29, 1.82) is 0 Å². The van der Waals surface area contributed by atoms with Crippen LogP contribution < -0.4 is 4.72 Å². The average molecular weight is 363 g/mol. The Bertz CT molecular complexity index is 861. The highest BCUT2D eigenvalue weighted by Crippen LogP contribution is 2.33. The van der Waals surface area contributed by atoms with Crippen molar-refractivity contribution in [3.63, 3.8) is 0 Å². The van der Waals surface area contributed by atoms with E-state index in [2.05, 4.69) is 14.9 Å². The van der Waals surface area contributed by atoms with Crippen molar-refractivity contribution in [2.45, 2.75) is 36.4 Å². The molecule has 1 aromatic heterocycles. The monoisotopic (exact) mass is 363 g/mol. The number of rotatable bonds is 3. The first kappa shape index (κ1) is 16.9. The number of aryl methyl sites for hydroxylation is 1. The molecule has 0 saturated carbocycles. The molecule has 5 nitrogen and oxygen atoms in total. The number of nitrogens with one attached hydrogen (secondary N) is 2. The number of benzene rings is 1. The van der Waals surface area contributed by atoms with Crippen LogP contribution in [0.15, 0.2) is 29.3 Å². The summed E-state index contributed by atoms with van der Waals surface area (Å²) in [6.45, 7) is 0. The van der Waals surface area contributed by atoms with Crippen molar-refractivity contribution in [1.82, 2.24) is 14.9 Å². The van der Waals surface area contributed by atoms with Gasteiger partial charge in [0.05, 0.1) is 22.7 Å². The zero-order valence-electron chi connectivity index (χ0n) is 12.2. The molecule has 1 aliphatic carbocycles. The molecule has 0 saturated heterocycles. The van der Waals surface area contributed by atoms with Crippen LogP contribution in [-0.4, -0.2) is 18.6 Å². The highest BCUT2D eigenvalue weighted by Gasteiger charge is 2.34. The molecule has 2 aromatic rings. The summed E-state index contributed by atoms with van der Waals surface area (Å²) in [6, 6.07) is 0.629. The van der Waals surface area contributed by atoms with Crippen LogP contribution in [0.3, 0.4) is 0 Å². The molecule has 3 rings (SSSR count). The minimum atomic E-state index is -4.84. The lowest BCUT2D eigenvalue weighted by molar-refractivity contribution is -0.137. The van der Waals surface area contributed by atoms with Gasteiger partial charge in [0.2, 0.25) is 10.0 Å². The minimum absolute atomic E-state index is 0.258. The predicted molar refractivity (Wildman–Crippen MR) is 76.0 cm³/mol. The van der Waals surface area contributed by atoms with Gasteiger partial charge in [-0.1, -0.05) is 0 Å². The maximum atomic E-state index is 13.4. The van der Waals surface area contributed by atoms with Gasteiger partial charge in [-0.3, -0.25) is 5.10 Å². The van der Waals surface area contributed by atoms with Gasteiger partial charge in [-0.15, -0.1) is 0 Å². The quantitative estimate of drug-likeness (QED) is 0.824. The van der Waals surface area contributed by atoms with Crippen LogP contribution in [-0.2, 0) is 22.6 Å². The van der Waals surface area contributed by atoms with Gasteiger partial charge in [0.15, 0.2) is 0 Å². The number of aromatic amines is 1. The van der Waals surface area contributed by atoms with E-state index < -0.39 is 38.5 Å². The molecule has 1 heterocycles. The third kappa shape index (κ3) is 3.29. The van der Waals surface area contributed by atoms with E-state index in [1.807, 2.05) is 0 Å². The van der Waals surface area contributed by atoms with Crippen LogP contribution >= 0.6 is 0 Å². The summed E-state index contributed by atoms with van der Waals surface area (Å²) in [6.07, 6.45) is -1.47. The molecule has 0 fully saturated rings. The van der Waals surface area contributed by atoms with E-state index >= 15 is 0 Å². The Morgan fingerprint density at radius 3 is 2.71 bits per heavy atom. The molecule has 24 heavy (non-hydrogen) atoms. The van der Waals surface area contributed by atoms with Crippen LogP contribution in [0.25, 0.3) is 0 Å². The zero-order chi connectivity index (χ0) is 17.5. The van der Waals surface area contributed by atoms with Gasteiger partial charge in [-0.05, 0) is 37.5 Å². The average Bonchev–Trinajstić information content (AvgIpc) is 2.95. The second-order valence-electron chi connectivity index (χ2n) is 5.54. The first-order valence-corrected chi connectivity index (χ1v) is 8.57. The van der Waals surface area contributed by atoms with E-state index in [1.54, 1.807) is 0 Å². The summed E-state index contributed by atoms with van der Waals surface area (Å²) in [5, 5.41) is 6.61. The van der Waals surface area contributed by atoms with Crippen molar-refractivity contribution in [2.24, 2.45) is 0 Å². The van der Waals surface area contributed by atoms with Gasteiger partial charge in [0.1, 0.15) is 5.82 Å². The number of H-pyrrole nitrogens is 1. The number of alkyl halides is 3. The topological polar surface area (TPSA) is 74.8 Å². The molecule has 1 aliphatic rings. The predicted octanol–water partition coefficient (Wildman–Crippen LogP) is 2.92. The summed E-state index contributed by atoms with van der Waals surface area (Å²) in [5.74, 6) is -1.27. The lowest BCUT2D eigenvalue weighted by Gasteiger charge is -2.23. The van der Waals surface area contributed by atoms with Crippen LogP contribution in [0.2, 0.25) is 0 Å². The van der Waals surface area contributed by atoms with Gasteiger partial charge in [-0.2, -0.15) is 18.3 Å². The van der Waals surface area contributed by atoms with E-state index in [-0.39, 0.29) is 6.07 Å². The summed E-state index contributed by atoms with van der Waals surface area (Å²) in [7, 11) is -4.32. The van der Waals surface area contributed by atoms with Gasteiger partial charge in [-0.25, -0.2) is 17.5 Å². The Labute approximate surface area is 135 Å². The molecule has 130 valence electrons. The van der Waals surface area contributed by atoms with Crippen molar-refractivity contribution in [2.75, 3.05) is 0 Å². The number of sulfonamides is 1. The molecule has 0 radical (unpaired) electrons. The fourth-order valence-electron chi connectivity index (χ4n) is 2.72. The van der Waals surface area contributed by atoms with Gasteiger partial charge in [0.25, 0.3) is 0 Å². The number of fused-ring (bicyclic) bond motifs is 1. The van der Waals surface area contributed by atoms with Crippen LogP contribution in [0.1, 0.15) is 35.7 Å². The Morgan fingerprint density at radius 1 is 1.25 bits per heavy atom. The lowest BCUT2D eigenvalue weighted by atomic mass is 9.94. The highest BCUT2D eigenvalue weighted by molar-refractivity contribution is 7.89. The second-order valence-corrected chi connectivity index (χ2v) is 7.26. The van der Waals surface area contributed by atoms with E-state index in [0.29, 0.717) is 37.0 Å². The maximum absolute atomic E-state index is 13.4. The summed E-state index contributed by atoms with van der Waals surface area (Å²) in [5.41, 5.74) is 0.0805. The molecule has 1 atom stereocenters. The standard InChI is InChI=1S/C14H13F4N3O2S/c15-9-4-8(14(16,17)18)5-10(6-9)24(22,23)21-13-3-1-2-12-11(13)7-19-20-12/h4-7,13,21H,1-3H2,(H,19,20)/t13-/m1/s1.